The third kappa shape index (κ3) is 4.94. The van der Waals surface area contributed by atoms with Crippen molar-refractivity contribution in [2.75, 3.05) is 12.9 Å². The molecule has 0 saturated carbocycles. The van der Waals surface area contributed by atoms with Gasteiger partial charge < -0.3 is 5.11 Å². The third-order valence-corrected chi connectivity index (χ3v) is 3.10. The van der Waals surface area contributed by atoms with Crippen LogP contribution in [0.25, 0.3) is 6.08 Å². The predicted molar refractivity (Wildman–Crippen MR) is 84.6 cm³/mol. The van der Waals surface area contributed by atoms with Crippen molar-refractivity contribution < 1.29 is 5.11 Å². The van der Waals surface area contributed by atoms with E-state index in [4.69, 9.17) is 0 Å². The molecule has 6 heteroatoms. The van der Waals surface area contributed by atoms with Gasteiger partial charge in [-0.3, -0.25) is 5.01 Å². The largest absolute Gasteiger partial charge is 0.394 e. The van der Waals surface area contributed by atoms with E-state index in [0.717, 1.165) is 16.6 Å². The Morgan fingerprint density at radius 1 is 1.50 bits per heavy atom. The van der Waals surface area contributed by atoms with Crippen LogP contribution in [0.4, 0.5) is 0 Å². The van der Waals surface area contributed by atoms with Crippen LogP contribution in [0, 0.1) is 0 Å². The Morgan fingerprint density at radius 2 is 2.20 bits per heavy atom. The summed E-state index contributed by atoms with van der Waals surface area (Å²) in [5, 5.41) is 16.4. The van der Waals surface area contributed by atoms with Gasteiger partial charge in [-0.1, -0.05) is 11.8 Å². The minimum atomic E-state index is -0.469. The van der Waals surface area contributed by atoms with Crippen LogP contribution in [0.2, 0.25) is 0 Å². The summed E-state index contributed by atoms with van der Waals surface area (Å²) in [6.07, 6.45) is 7.37. The normalized spacial score (nSPS) is 11.7. The van der Waals surface area contributed by atoms with Crippen LogP contribution < -0.4 is 0 Å². The number of aliphatic hydroxyl groups excluding tert-OH is 1. The molecule has 0 radical (unpaired) electrons. The zero-order chi connectivity index (χ0) is 15.2. The Kier molecular flexibility index (Phi) is 6.16. The van der Waals surface area contributed by atoms with Crippen LogP contribution in [0.1, 0.15) is 33.4 Å². The average Bonchev–Trinajstić information content (AvgIpc) is 2.43. The molecule has 1 heterocycles. The van der Waals surface area contributed by atoms with Crippen LogP contribution in [0.15, 0.2) is 28.7 Å². The van der Waals surface area contributed by atoms with E-state index in [1.807, 2.05) is 52.3 Å². The highest BCUT2D eigenvalue weighted by molar-refractivity contribution is 7.98. The summed E-state index contributed by atoms with van der Waals surface area (Å²) < 4.78 is 0. The molecule has 0 bridgehead atoms. The van der Waals surface area contributed by atoms with Gasteiger partial charge in [0.1, 0.15) is 0 Å². The van der Waals surface area contributed by atoms with E-state index in [9.17, 15) is 5.11 Å². The van der Waals surface area contributed by atoms with Gasteiger partial charge in [0.15, 0.2) is 5.16 Å². The fourth-order valence-electron chi connectivity index (χ4n) is 1.35. The molecule has 0 fully saturated rings. The van der Waals surface area contributed by atoms with E-state index in [2.05, 4.69) is 15.1 Å². The Hall–Kier alpha value is -1.40. The summed E-state index contributed by atoms with van der Waals surface area (Å²) in [6.45, 7) is 7.71. The van der Waals surface area contributed by atoms with Crippen LogP contribution in [-0.2, 0) is 0 Å². The van der Waals surface area contributed by atoms with E-state index >= 15 is 0 Å². The lowest BCUT2D eigenvalue weighted by atomic mass is 10.1. The summed E-state index contributed by atoms with van der Waals surface area (Å²) >= 11 is 1.50. The van der Waals surface area contributed by atoms with Crippen molar-refractivity contribution in [2.24, 2.45) is 5.10 Å². The number of nitrogens with zero attached hydrogens (tertiary/aromatic N) is 4. The molecule has 1 rings (SSSR count). The van der Waals surface area contributed by atoms with E-state index in [1.165, 1.54) is 11.8 Å². The van der Waals surface area contributed by atoms with Gasteiger partial charge in [0.25, 0.3) is 0 Å². The lowest BCUT2D eigenvalue weighted by Gasteiger charge is -2.32. The zero-order valence-electron chi connectivity index (χ0n) is 12.7. The van der Waals surface area contributed by atoms with Crippen molar-refractivity contribution in [1.29, 1.82) is 0 Å². The van der Waals surface area contributed by atoms with Gasteiger partial charge in [-0.25, -0.2) is 9.97 Å². The fraction of sp³-hybridized carbons (Fsp3) is 0.500. The Balaban J connectivity index is 2.99. The maximum atomic E-state index is 9.48. The third-order valence-electron chi connectivity index (χ3n) is 2.54. The molecule has 0 amide bonds. The van der Waals surface area contributed by atoms with Gasteiger partial charge in [0, 0.05) is 18.1 Å². The van der Waals surface area contributed by atoms with Gasteiger partial charge >= 0.3 is 0 Å². The first-order chi connectivity index (χ1) is 9.39. The highest BCUT2D eigenvalue weighted by atomic mass is 32.2. The number of hydrogen-bond donors (Lipinski definition) is 1. The Bertz CT molecular complexity index is 496. The summed E-state index contributed by atoms with van der Waals surface area (Å²) in [7, 11) is 0. The molecule has 0 atom stereocenters. The van der Waals surface area contributed by atoms with Crippen LogP contribution in [0.3, 0.4) is 0 Å². The molecule has 0 aliphatic carbocycles. The van der Waals surface area contributed by atoms with Crippen molar-refractivity contribution in [3.8, 4) is 0 Å². The van der Waals surface area contributed by atoms with E-state index < -0.39 is 5.54 Å². The number of thioether (sulfide) groups is 1. The van der Waals surface area contributed by atoms with Crippen LogP contribution in [-0.4, -0.2) is 44.2 Å². The van der Waals surface area contributed by atoms with Crippen LogP contribution in [0.5, 0.6) is 0 Å². The lowest BCUT2D eigenvalue weighted by molar-refractivity contribution is 0.0993. The van der Waals surface area contributed by atoms with Gasteiger partial charge in [-0.15, -0.1) is 0 Å². The molecule has 5 nitrogen and oxygen atoms in total. The lowest BCUT2D eigenvalue weighted by Crippen LogP contribution is -2.40. The molecule has 20 heavy (non-hydrogen) atoms. The second-order valence-corrected chi connectivity index (χ2v) is 5.92. The molecule has 0 unspecified atom stereocenters. The van der Waals surface area contributed by atoms with Crippen molar-refractivity contribution in [3.63, 3.8) is 0 Å². The van der Waals surface area contributed by atoms with E-state index in [0.29, 0.717) is 0 Å². The van der Waals surface area contributed by atoms with Crippen molar-refractivity contribution in [3.05, 3.63) is 24.2 Å². The molecule has 1 aromatic rings. The number of hydrazone groups is 1. The number of hydrogen-bond acceptors (Lipinski definition) is 6. The smallest absolute Gasteiger partial charge is 0.187 e. The Morgan fingerprint density at radius 3 is 2.75 bits per heavy atom. The second kappa shape index (κ2) is 7.40. The number of rotatable bonds is 6. The zero-order valence-corrected chi connectivity index (χ0v) is 13.5. The van der Waals surface area contributed by atoms with Crippen molar-refractivity contribution in [1.82, 2.24) is 15.0 Å². The summed E-state index contributed by atoms with van der Waals surface area (Å²) in [6, 6.07) is 1.84. The molecule has 0 aliphatic heterocycles. The average molecular weight is 294 g/mol. The SMILES string of the molecule is CSc1nccc(/C=C/N(N=C(C)C)C(C)(C)CO)n1. The molecule has 1 aromatic heterocycles. The molecule has 1 N–H and O–H groups in total. The minimum absolute atomic E-state index is 0.00789. The molecule has 0 aliphatic rings. The van der Waals surface area contributed by atoms with Gasteiger partial charge in [-0.05, 0) is 46.1 Å². The first-order valence-corrected chi connectivity index (χ1v) is 7.59. The quantitative estimate of drug-likeness (QED) is 0.378. The molecule has 0 saturated heterocycles. The molecular weight excluding hydrogens is 272 g/mol. The topological polar surface area (TPSA) is 61.6 Å². The minimum Gasteiger partial charge on any atom is -0.394 e. The first kappa shape index (κ1) is 16.7. The highest BCUT2D eigenvalue weighted by Crippen LogP contribution is 2.16. The summed E-state index contributed by atoms with van der Waals surface area (Å²) in [4.78, 5) is 8.51. The van der Waals surface area contributed by atoms with Gasteiger partial charge in [-0.2, -0.15) is 5.10 Å². The molecular formula is C14H22N4OS. The maximum Gasteiger partial charge on any atom is 0.187 e. The molecule has 110 valence electrons. The second-order valence-electron chi connectivity index (χ2n) is 5.15. The van der Waals surface area contributed by atoms with Gasteiger partial charge in [0.2, 0.25) is 0 Å². The van der Waals surface area contributed by atoms with Crippen molar-refractivity contribution >= 4 is 23.5 Å². The highest BCUT2D eigenvalue weighted by Gasteiger charge is 2.23. The first-order valence-electron chi connectivity index (χ1n) is 6.36. The fourth-order valence-corrected chi connectivity index (χ4v) is 1.71. The summed E-state index contributed by atoms with van der Waals surface area (Å²) in [5.74, 6) is 0. The standard InChI is InChI=1S/C14H22N4OS/c1-11(2)17-18(14(3,4)10-19)9-7-12-6-8-15-13(16-12)20-5/h6-9,19H,10H2,1-5H3/b9-7+. The Labute approximate surface area is 124 Å². The van der Waals surface area contributed by atoms with Crippen molar-refractivity contribution in [2.45, 2.75) is 38.4 Å². The predicted octanol–water partition coefficient (Wildman–Crippen LogP) is 2.64. The maximum absolute atomic E-state index is 9.48. The molecule has 0 spiro atoms. The monoisotopic (exact) mass is 294 g/mol. The number of aliphatic hydroxyl groups is 1. The van der Waals surface area contributed by atoms with Crippen LogP contribution >= 0.6 is 11.8 Å². The van der Waals surface area contributed by atoms with Gasteiger partial charge in [0.05, 0.1) is 17.8 Å². The van der Waals surface area contributed by atoms with E-state index in [-0.39, 0.29) is 6.61 Å². The van der Waals surface area contributed by atoms with E-state index in [1.54, 1.807) is 11.2 Å². The molecule has 0 aromatic carbocycles. The summed E-state index contributed by atoms with van der Waals surface area (Å²) in [5.41, 5.74) is 1.26. The number of aromatic nitrogens is 2.